The van der Waals surface area contributed by atoms with Crippen LogP contribution in [0.5, 0.6) is 0 Å². The molecule has 1 heterocycles. The van der Waals surface area contributed by atoms with Gasteiger partial charge in [-0.3, -0.25) is 0 Å². The van der Waals surface area contributed by atoms with Crippen molar-refractivity contribution in [2.45, 2.75) is 25.6 Å². The number of thiophene rings is 1. The molecule has 0 spiro atoms. The molecule has 1 atom stereocenters. The first-order valence-electron chi connectivity index (χ1n) is 6.05. The molecule has 2 rings (SSSR count). The Morgan fingerprint density at radius 1 is 1.20 bits per heavy atom. The van der Waals surface area contributed by atoms with Crippen molar-refractivity contribution in [2.24, 2.45) is 5.73 Å². The molecular formula is C14H13F4NS. The van der Waals surface area contributed by atoms with Gasteiger partial charge in [0.2, 0.25) is 0 Å². The number of hydrogen-bond donors (Lipinski definition) is 1. The Hall–Kier alpha value is -1.40. The van der Waals surface area contributed by atoms with Gasteiger partial charge in [-0.05, 0) is 36.2 Å². The Morgan fingerprint density at radius 3 is 2.50 bits per heavy atom. The van der Waals surface area contributed by atoms with E-state index in [9.17, 15) is 17.6 Å². The van der Waals surface area contributed by atoms with Crippen LogP contribution in [-0.2, 0) is 6.18 Å². The monoisotopic (exact) mass is 303 g/mol. The molecular weight excluding hydrogens is 290 g/mol. The molecule has 0 saturated carbocycles. The molecule has 1 unspecified atom stereocenters. The molecule has 0 aliphatic heterocycles. The highest BCUT2D eigenvalue weighted by atomic mass is 32.1. The summed E-state index contributed by atoms with van der Waals surface area (Å²) < 4.78 is 51.3. The number of nitrogens with two attached hydrogens (primary N) is 1. The van der Waals surface area contributed by atoms with Crippen molar-refractivity contribution < 1.29 is 17.6 Å². The highest BCUT2D eigenvalue weighted by Crippen LogP contribution is 2.37. The van der Waals surface area contributed by atoms with E-state index in [0.29, 0.717) is 10.4 Å². The maximum Gasteiger partial charge on any atom is 0.419 e. The summed E-state index contributed by atoms with van der Waals surface area (Å²) in [4.78, 5) is 1.55. The van der Waals surface area contributed by atoms with Gasteiger partial charge in [0.1, 0.15) is 5.82 Å². The summed E-state index contributed by atoms with van der Waals surface area (Å²) in [5.41, 5.74) is 4.98. The third-order valence-electron chi connectivity index (χ3n) is 2.99. The highest BCUT2D eigenvalue weighted by molar-refractivity contribution is 7.15. The minimum absolute atomic E-state index is 0.128. The Morgan fingerprint density at radius 2 is 1.90 bits per heavy atom. The average Bonchev–Trinajstić information content (AvgIpc) is 2.86. The van der Waals surface area contributed by atoms with Crippen LogP contribution in [0.15, 0.2) is 30.3 Å². The quantitative estimate of drug-likeness (QED) is 0.795. The predicted octanol–water partition coefficient (Wildman–Crippen LogP) is 4.98. The van der Waals surface area contributed by atoms with E-state index >= 15 is 0 Å². The fourth-order valence-electron chi connectivity index (χ4n) is 1.80. The summed E-state index contributed by atoms with van der Waals surface area (Å²) in [5.74, 6) is -1.26. The van der Waals surface area contributed by atoms with Crippen molar-refractivity contribution in [2.75, 3.05) is 0 Å². The summed E-state index contributed by atoms with van der Waals surface area (Å²) in [5, 5.41) is 0. The number of benzene rings is 1. The molecule has 2 N–H and O–H groups in total. The Balaban J connectivity index is 2.41. The zero-order chi connectivity index (χ0) is 14.9. The minimum atomic E-state index is -4.69. The van der Waals surface area contributed by atoms with Crippen molar-refractivity contribution in [1.29, 1.82) is 0 Å². The maximum absolute atomic E-state index is 13.2. The van der Waals surface area contributed by atoms with Gasteiger partial charge in [-0.25, -0.2) is 4.39 Å². The maximum atomic E-state index is 13.2. The van der Waals surface area contributed by atoms with E-state index in [0.717, 1.165) is 23.4 Å². The third-order valence-corrected chi connectivity index (χ3v) is 4.25. The lowest BCUT2D eigenvalue weighted by Gasteiger charge is -2.09. The molecule has 1 nitrogen and oxygen atoms in total. The van der Waals surface area contributed by atoms with Gasteiger partial charge < -0.3 is 5.73 Å². The molecule has 108 valence electrons. The van der Waals surface area contributed by atoms with Crippen molar-refractivity contribution in [1.82, 2.24) is 0 Å². The first kappa shape index (κ1) is 15.0. The Bertz CT molecular complexity index is 603. The minimum Gasteiger partial charge on any atom is -0.323 e. The number of hydrogen-bond acceptors (Lipinski definition) is 2. The van der Waals surface area contributed by atoms with Gasteiger partial charge >= 0.3 is 6.18 Å². The highest BCUT2D eigenvalue weighted by Gasteiger charge is 2.34. The van der Waals surface area contributed by atoms with Crippen molar-refractivity contribution in [3.63, 3.8) is 0 Å². The molecule has 0 aliphatic rings. The second-order valence-corrected chi connectivity index (χ2v) is 5.52. The predicted molar refractivity (Wildman–Crippen MR) is 71.9 cm³/mol. The molecule has 1 aromatic heterocycles. The summed E-state index contributed by atoms with van der Waals surface area (Å²) in [6.45, 7) is 1.93. The lowest BCUT2D eigenvalue weighted by Crippen LogP contribution is -2.08. The van der Waals surface area contributed by atoms with E-state index in [1.165, 1.54) is 17.4 Å². The SMILES string of the molecule is CCC(N)c1ccc(-c2ccc(F)c(C(F)(F)F)c2)s1. The topological polar surface area (TPSA) is 26.0 Å². The van der Waals surface area contributed by atoms with Crippen molar-refractivity contribution in [3.05, 3.63) is 46.6 Å². The molecule has 20 heavy (non-hydrogen) atoms. The fraction of sp³-hybridized carbons (Fsp3) is 0.286. The van der Waals surface area contributed by atoms with E-state index in [-0.39, 0.29) is 6.04 Å². The van der Waals surface area contributed by atoms with E-state index in [2.05, 4.69) is 0 Å². The second-order valence-electron chi connectivity index (χ2n) is 4.41. The number of rotatable bonds is 3. The summed E-state index contributed by atoms with van der Waals surface area (Å²) in [7, 11) is 0. The molecule has 0 radical (unpaired) electrons. The lowest BCUT2D eigenvalue weighted by atomic mass is 10.1. The van der Waals surface area contributed by atoms with Crippen LogP contribution in [0.3, 0.4) is 0 Å². The second kappa shape index (κ2) is 5.54. The summed E-state index contributed by atoms with van der Waals surface area (Å²) in [6, 6.07) is 6.40. The van der Waals surface area contributed by atoms with Crippen LogP contribution in [0.4, 0.5) is 17.6 Å². The smallest absolute Gasteiger partial charge is 0.323 e. The van der Waals surface area contributed by atoms with Crippen LogP contribution in [0, 0.1) is 5.82 Å². The largest absolute Gasteiger partial charge is 0.419 e. The van der Waals surface area contributed by atoms with E-state index in [1.54, 1.807) is 12.1 Å². The van der Waals surface area contributed by atoms with Gasteiger partial charge in [-0.2, -0.15) is 13.2 Å². The van der Waals surface area contributed by atoms with E-state index in [4.69, 9.17) is 5.73 Å². The standard InChI is InChI=1S/C14H13F4NS/c1-2-11(19)13-6-5-12(20-13)8-3-4-10(15)9(7-8)14(16,17)18/h3-7,11H,2,19H2,1H3. The lowest BCUT2D eigenvalue weighted by molar-refractivity contribution is -0.139. The van der Waals surface area contributed by atoms with Crippen molar-refractivity contribution >= 4 is 11.3 Å². The summed E-state index contributed by atoms with van der Waals surface area (Å²) in [6.07, 6.45) is -3.95. The van der Waals surface area contributed by atoms with Gasteiger partial charge in [-0.15, -0.1) is 11.3 Å². The molecule has 0 aliphatic carbocycles. The Labute approximate surface area is 118 Å². The van der Waals surface area contributed by atoms with Crippen LogP contribution >= 0.6 is 11.3 Å². The number of halogens is 4. The van der Waals surface area contributed by atoms with Crippen molar-refractivity contribution in [3.8, 4) is 10.4 Å². The zero-order valence-electron chi connectivity index (χ0n) is 10.7. The first-order chi connectivity index (χ1) is 9.32. The van der Waals surface area contributed by atoms with Crippen LogP contribution < -0.4 is 5.73 Å². The van der Waals surface area contributed by atoms with Gasteiger partial charge in [0.15, 0.2) is 0 Å². The third kappa shape index (κ3) is 3.02. The Kier molecular flexibility index (Phi) is 4.15. The molecule has 0 fully saturated rings. The van der Waals surface area contributed by atoms with Crippen LogP contribution in [0.25, 0.3) is 10.4 Å². The van der Waals surface area contributed by atoms with E-state index in [1.807, 2.05) is 6.92 Å². The molecule has 6 heteroatoms. The molecule has 0 saturated heterocycles. The normalized spacial score (nSPS) is 13.5. The first-order valence-corrected chi connectivity index (χ1v) is 6.87. The van der Waals surface area contributed by atoms with Gasteiger partial charge in [0.25, 0.3) is 0 Å². The van der Waals surface area contributed by atoms with Crippen LogP contribution in [-0.4, -0.2) is 0 Å². The van der Waals surface area contributed by atoms with Crippen LogP contribution in [0.1, 0.15) is 29.8 Å². The van der Waals surface area contributed by atoms with Crippen LogP contribution in [0.2, 0.25) is 0 Å². The zero-order valence-corrected chi connectivity index (χ0v) is 11.5. The average molecular weight is 303 g/mol. The molecule has 0 amide bonds. The molecule has 0 bridgehead atoms. The van der Waals surface area contributed by atoms with E-state index < -0.39 is 17.6 Å². The molecule has 1 aromatic carbocycles. The van der Waals surface area contributed by atoms with Gasteiger partial charge in [0.05, 0.1) is 5.56 Å². The van der Waals surface area contributed by atoms with Gasteiger partial charge in [0, 0.05) is 15.8 Å². The summed E-state index contributed by atoms with van der Waals surface area (Å²) >= 11 is 1.33. The molecule has 2 aromatic rings. The van der Waals surface area contributed by atoms with Gasteiger partial charge in [-0.1, -0.05) is 13.0 Å². The number of alkyl halides is 3. The fourth-order valence-corrected chi connectivity index (χ4v) is 2.89.